The van der Waals surface area contributed by atoms with Crippen molar-refractivity contribution in [2.75, 3.05) is 6.54 Å². The molecule has 1 atom stereocenters. The molecule has 0 radical (unpaired) electrons. The molecule has 0 aromatic carbocycles. The lowest BCUT2D eigenvalue weighted by Gasteiger charge is -2.25. The molecule has 1 aromatic rings. The monoisotopic (exact) mass is 305 g/mol. The third kappa shape index (κ3) is 3.77. The summed E-state index contributed by atoms with van der Waals surface area (Å²) in [5, 5.41) is 8.79. The highest BCUT2D eigenvalue weighted by atomic mass is 32.2. The maximum Gasteiger partial charge on any atom is 0.304 e. The van der Waals surface area contributed by atoms with Crippen LogP contribution < -0.4 is 0 Å². The summed E-state index contributed by atoms with van der Waals surface area (Å²) >= 11 is 1.24. The highest BCUT2D eigenvalue weighted by Gasteiger charge is 2.30. The molecule has 1 heterocycles. The van der Waals surface area contributed by atoms with E-state index in [1.165, 1.54) is 15.6 Å². The van der Waals surface area contributed by atoms with Crippen LogP contribution in [0.25, 0.3) is 0 Å². The first-order valence-electron chi connectivity index (χ1n) is 6.15. The average Bonchev–Trinajstić information content (AvgIpc) is 2.77. The summed E-state index contributed by atoms with van der Waals surface area (Å²) in [6.45, 7) is 5.55. The van der Waals surface area contributed by atoms with Gasteiger partial charge in [-0.3, -0.25) is 4.79 Å². The molecule has 108 valence electrons. The Balaban J connectivity index is 3.04. The summed E-state index contributed by atoms with van der Waals surface area (Å²) in [6, 6.07) is 2.84. The molecule has 1 unspecified atom stereocenters. The molecule has 0 aliphatic heterocycles. The number of sulfonamides is 1. The lowest BCUT2D eigenvalue weighted by molar-refractivity contribution is -0.137. The van der Waals surface area contributed by atoms with Crippen molar-refractivity contribution < 1.29 is 18.3 Å². The molecule has 0 amide bonds. The number of aliphatic carboxylic acids is 1. The van der Waals surface area contributed by atoms with Crippen LogP contribution in [-0.4, -0.2) is 36.4 Å². The van der Waals surface area contributed by atoms with E-state index in [0.717, 1.165) is 11.3 Å². The summed E-state index contributed by atoms with van der Waals surface area (Å²) in [5.41, 5.74) is 0. The minimum atomic E-state index is -3.60. The zero-order valence-electron chi connectivity index (χ0n) is 11.3. The molecule has 7 heteroatoms. The van der Waals surface area contributed by atoms with Gasteiger partial charge in [0, 0.05) is 17.5 Å². The van der Waals surface area contributed by atoms with E-state index in [0.29, 0.717) is 0 Å². The number of thiophene rings is 1. The average molecular weight is 305 g/mol. The normalized spacial score (nSPS) is 13.7. The van der Waals surface area contributed by atoms with Crippen LogP contribution in [-0.2, 0) is 21.2 Å². The minimum Gasteiger partial charge on any atom is -0.481 e. The van der Waals surface area contributed by atoms with Crippen molar-refractivity contribution in [1.82, 2.24) is 4.31 Å². The third-order valence-corrected chi connectivity index (χ3v) is 6.61. The van der Waals surface area contributed by atoms with Crippen LogP contribution in [0.5, 0.6) is 0 Å². The largest absolute Gasteiger partial charge is 0.481 e. The minimum absolute atomic E-state index is 0.195. The molecule has 0 saturated carbocycles. The first kappa shape index (κ1) is 16.1. The van der Waals surface area contributed by atoms with E-state index in [4.69, 9.17) is 5.11 Å². The number of carbonyl (C=O) groups is 1. The van der Waals surface area contributed by atoms with E-state index in [1.54, 1.807) is 26.0 Å². The van der Waals surface area contributed by atoms with Crippen molar-refractivity contribution in [1.29, 1.82) is 0 Å². The van der Waals surface area contributed by atoms with Gasteiger partial charge in [0.1, 0.15) is 4.21 Å². The predicted octanol–water partition coefficient (Wildman–Crippen LogP) is 2.18. The molecule has 0 saturated heterocycles. The SMILES string of the molecule is CCc1ccc(S(=O)(=O)N(CC)C(C)CC(=O)O)s1. The van der Waals surface area contributed by atoms with Crippen molar-refractivity contribution in [3.63, 3.8) is 0 Å². The molecule has 0 spiro atoms. The van der Waals surface area contributed by atoms with E-state index in [2.05, 4.69) is 0 Å². The molecule has 1 rings (SSSR count). The van der Waals surface area contributed by atoms with Crippen LogP contribution in [0.4, 0.5) is 0 Å². The number of rotatable bonds is 7. The van der Waals surface area contributed by atoms with E-state index >= 15 is 0 Å². The first-order chi connectivity index (χ1) is 8.82. The van der Waals surface area contributed by atoms with Crippen molar-refractivity contribution in [2.24, 2.45) is 0 Å². The van der Waals surface area contributed by atoms with Gasteiger partial charge in [0.05, 0.1) is 6.42 Å². The van der Waals surface area contributed by atoms with Crippen molar-refractivity contribution in [3.8, 4) is 0 Å². The molecule has 0 aliphatic carbocycles. The summed E-state index contributed by atoms with van der Waals surface area (Å²) in [4.78, 5) is 11.7. The zero-order valence-corrected chi connectivity index (χ0v) is 12.9. The van der Waals surface area contributed by atoms with Gasteiger partial charge in [-0.1, -0.05) is 13.8 Å². The Hall–Kier alpha value is -0.920. The molecule has 1 N–H and O–H groups in total. The fourth-order valence-corrected chi connectivity index (χ4v) is 4.94. The number of carboxylic acids is 1. The second-order valence-electron chi connectivity index (χ2n) is 4.23. The fourth-order valence-electron chi connectivity index (χ4n) is 1.88. The van der Waals surface area contributed by atoms with Crippen LogP contribution in [0.3, 0.4) is 0 Å². The van der Waals surface area contributed by atoms with Gasteiger partial charge in [0.15, 0.2) is 0 Å². The Kier molecular flexibility index (Phi) is 5.51. The van der Waals surface area contributed by atoms with Gasteiger partial charge in [-0.15, -0.1) is 11.3 Å². The summed E-state index contributed by atoms with van der Waals surface area (Å²) in [6.07, 6.45) is 0.593. The standard InChI is InChI=1S/C12H19NO4S2/c1-4-10-6-7-12(18-10)19(16,17)13(5-2)9(3)8-11(14)15/h6-7,9H,4-5,8H2,1-3H3,(H,14,15). The molecule has 0 aliphatic rings. The Bertz CT molecular complexity index is 536. The van der Waals surface area contributed by atoms with Gasteiger partial charge >= 0.3 is 5.97 Å². The summed E-state index contributed by atoms with van der Waals surface area (Å²) in [5.74, 6) is -0.999. The summed E-state index contributed by atoms with van der Waals surface area (Å²) in [7, 11) is -3.60. The first-order valence-corrected chi connectivity index (χ1v) is 8.40. The van der Waals surface area contributed by atoms with Crippen LogP contribution in [0, 0.1) is 0 Å². The summed E-state index contributed by atoms with van der Waals surface area (Å²) < 4.78 is 26.4. The Morgan fingerprint density at radius 1 is 1.42 bits per heavy atom. The van der Waals surface area contributed by atoms with E-state index in [-0.39, 0.29) is 17.2 Å². The number of nitrogens with zero attached hydrogens (tertiary/aromatic N) is 1. The van der Waals surface area contributed by atoms with Gasteiger partial charge in [-0.2, -0.15) is 4.31 Å². The van der Waals surface area contributed by atoms with Gasteiger partial charge in [0.2, 0.25) is 0 Å². The molecular formula is C12H19NO4S2. The van der Waals surface area contributed by atoms with Crippen molar-refractivity contribution >= 4 is 27.3 Å². The van der Waals surface area contributed by atoms with Crippen LogP contribution in [0.1, 0.15) is 32.1 Å². The van der Waals surface area contributed by atoms with Crippen LogP contribution in [0.2, 0.25) is 0 Å². The lowest BCUT2D eigenvalue weighted by atomic mass is 10.2. The van der Waals surface area contributed by atoms with Gasteiger partial charge in [-0.05, 0) is 25.5 Å². The molecule has 5 nitrogen and oxygen atoms in total. The number of carboxylic acid groups (broad SMARTS) is 1. The van der Waals surface area contributed by atoms with Gasteiger partial charge < -0.3 is 5.11 Å². The topological polar surface area (TPSA) is 74.7 Å². The third-order valence-electron chi connectivity index (χ3n) is 2.82. The predicted molar refractivity (Wildman–Crippen MR) is 75.0 cm³/mol. The highest BCUT2D eigenvalue weighted by Crippen LogP contribution is 2.26. The number of hydrogen-bond donors (Lipinski definition) is 1. The maximum atomic E-state index is 12.5. The maximum absolute atomic E-state index is 12.5. The van der Waals surface area contributed by atoms with Crippen molar-refractivity contribution in [3.05, 3.63) is 17.0 Å². The molecule has 0 fully saturated rings. The van der Waals surface area contributed by atoms with E-state index in [9.17, 15) is 13.2 Å². The van der Waals surface area contributed by atoms with E-state index in [1.807, 2.05) is 6.92 Å². The highest BCUT2D eigenvalue weighted by molar-refractivity contribution is 7.91. The molecular weight excluding hydrogens is 286 g/mol. The Morgan fingerprint density at radius 3 is 2.47 bits per heavy atom. The van der Waals surface area contributed by atoms with Crippen LogP contribution in [0.15, 0.2) is 16.3 Å². The fraction of sp³-hybridized carbons (Fsp3) is 0.583. The second kappa shape index (κ2) is 6.49. The quantitative estimate of drug-likeness (QED) is 0.838. The zero-order chi connectivity index (χ0) is 14.6. The number of hydrogen-bond acceptors (Lipinski definition) is 4. The molecule has 0 bridgehead atoms. The Labute approximate surface area is 117 Å². The lowest BCUT2D eigenvalue weighted by Crippen LogP contribution is -2.39. The molecule has 1 aromatic heterocycles. The van der Waals surface area contributed by atoms with Crippen LogP contribution >= 0.6 is 11.3 Å². The molecule has 19 heavy (non-hydrogen) atoms. The van der Waals surface area contributed by atoms with Gasteiger partial charge in [0.25, 0.3) is 10.0 Å². The van der Waals surface area contributed by atoms with Crippen molar-refractivity contribution in [2.45, 2.75) is 43.9 Å². The smallest absolute Gasteiger partial charge is 0.304 e. The Morgan fingerprint density at radius 2 is 2.05 bits per heavy atom. The van der Waals surface area contributed by atoms with Gasteiger partial charge in [-0.25, -0.2) is 8.42 Å². The second-order valence-corrected chi connectivity index (χ2v) is 7.52. The van der Waals surface area contributed by atoms with E-state index < -0.39 is 22.0 Å². The number of aryl methyl sites for hydroxylation is 1.